The summed E-state index contributed by atoms with van der Waals surface area (Å²) in [6.07, 6.45) is 3.36. The summed E-state index contributed by atoms with van der Waals surface area (Å²) in [5.41, 5.74) is 4.20. The summed E-state index contributed by atoms with van der Waals surface area (Å²) in [6.45, 7) is 1.75. The minimum atomic E-state index is -0.843. The Labute approximate surface area is 131 Å². The van der Waals surface area contributed by atoms with Crippen LogP contribution in [0.25, 0.3) is 0 Å². The van der Waals surface area contributed by atoms with Crippen LogP contribution >= 0.6 is 0 Å². The SMILES string of the molecule is O=C(O)c1ccc2c(c1)C(CNCc1ccccc1)CCC2. The Hall–Kier alpha value is -2.13. The van der Waals surface area contributed by atoms with Gasteiger partial charge in [-0.25, -0.2) is 4.79 Å². The van der Waals surface area contributed by atoms with Gasteiger partial charge >= 0.3 is 5.97 Å². The summed E-state index contributed by atoms with van der Waals surface area (Å²) in [5.74, 6) is -0.434. The zero-order valence-electron chi connectivity index (χ0n) is 12.6. The molecule has 0 fully saturated rings. The van der Waals surface area contributed by atoms with Crippen LogP contribution in [0.4, 0.5) is 0 Å². The number of nitrogens with one attached hydrogen (secondary N) is 1. The summed E-state index contributed by atoms with van der Waals surface area (Å²) < 4.78 is 0. The second kappa shape index (κ2) is 6.75. The van der Waals surface area contributed by atoms with E-state index in [0.717, 1.165) is 25.9 Å². The number of hydrogen-bond donors (Lipinski definition) is 2. The van der Waals surface area contributed by atoms with Gasteiger partial charge in [0, 0.05) is 13.1 Å². The Morgan fingerprint density at radius 2 is 2.00 bits per heavy atom. The van der Waals surface area contributed by atoms with E-state index < -0.39 is 5.97 Å². The Kier molecular flexibility index (Phi) is 4.54. The minimum Gasteiger partial charge on any atom is -0.478 e. The maximum atomic E-state index is 11.2. The molecule has 1 aliphatic carbocycles. The molecular formula is C19H21NO2. The van der Waals surface area contributed by atoms with Gasteiger partial charge in [0.1, 0.15) is 0 Å². The molecule has 3 heteroatoms. The van der Waals surface area contributed by atoms with E-state index in [2.05, 4.69) is 17.4 Å². The zero-order chi connectivity index (χ0) is 15.4. The zero-order valence-corrected chi connectivity index (χ0v) is 12.6. The van der Waals surface area contributed by atoms with Crippen molar-refractivity contribution in [3.05, 3.63) is 70.8 Å². The molecule has 1 unspecified atom stereocenters. The first-order valence-corrected chi connectivity index (χ1v) is 7.85. The maximum Gasteiger partial charge on any atom is 0.335 e. The van der Waals surface area contributed by atoms with Crippen molar-refractivity contribution in [1.82, 2.24) is 5.32 Å². The quantitative estimate of drug-likeness (QED) is 0.886. The lowest BCUT2D eigenvalue weighted by Gasteiger charge is -2.26. The molecule has 0 amide bonds. The molecule has 2 aromatic carbocycles. The average molecular weight is 295 g/mol. The lowest BCUT2D eigenvalue weighted by atomic mass is 9.82. The van der Waals surface area contributed by atoms with Crippen molar-refractivity contribution in [2.75, 3.05) is 6.54 Å². The van der Waals surface area contributed by atoms with Gasteiger partial charge in [-0.1, -0.05) is 36.4 Å². The summed E-state index contributed by atoms with van der Waals surface area (Å²) in [7, 11) is 0. The number of rotatable bonds is 5. The van der Waals surface area contributed by atoms with Crippen LogP contribution in [0, 0.1) is 0 Å². The van der Waals surface area contributed by atoms with Crippen molar-refractivity contribution in [3.8, 4) is 0 Å². The van der Waals surface area contributed by atoms with Crippen LogP contribution in [0.15, 0.2) is 48.5 Å². The number of fused-ring (bicyclic) bond motifs is 1. The molecule has 2 N–H and O–H groups in total. The van der Waals surface area contributed by atoms with Crippen molar-refractivity contribution in [2.45, 2.75) is 31.7 Å². The second-order valence-electron chi connectivity index (χ2n) is 5.92. The molecule has 1 aliphatic rings. The first kappa shape index (κ1) is 14.8. The normalized spacial score (nSPS) is 17.0. The third-order valence-corrected chi connectivity index (χ3v) is 4.39. The predicted molar refractivity (Wildman–Crippen MR) is 87.2 cm³/mol. The smallest absolute Gasteiger partial charge is 0.335 e. The van der Waals surface area contributed by atoms with E-state index in [1.807, 2.05) is 30.3 Å². The molecule has 0 aromatic heterocycles. The van der Waals surface area contributed by atoms with Crippen LogP contribution in [-0.2, 0) is 13.0 Å². The third kappa shape index (κ3) is 3.37. The van der Waals surface area contributed by atoms with Crippen LogP contribution < -0.4 is 5.32 Å². The molecular weight excluding hydrogens is 274 g/mol. The van der Waals surface area contributed by atoms with Crippen LogP contribution in [0.1, 0.15) is 45.8 Å². The summed E-state index contributed by atoms with van der Waals surface area (Å²) in [5, 5.41) is 12.7. The van der Waals surface area contributed by atoms with Crippen molar-refractivity contribution in [1.29, 1.82) is 0 Å². The highest BCUT2D eigenvalue weighted by molar-refractivity contribution is 5.88. The minimum absolute atomic E-state index is 0.397. The Balaban J connectivity index is 1.68. The largest absolute Gasteiger partial charge is 0.478 e. The molecule has 0 saturated heterocycles. The summed E-state index contributed by atoms with van der Waals surface area (Å²) >= 11 is 0. The number of aromatic carboxylic acids is 1. The first-order valence-electron chi connectivity index (χ1n) is 7.85. The number of aryl methyl sites for hydroxylation is 1. The van der Waals surface area contributed by atoms with Gasteiger partial charge in [0.05, 0.1) is 5.56 Å². The van der Waals surface area contributed by atoms with Gasteiger partial charge in [-0.05, 0) is 54.0 Å². The average Bonchev–Trinajstić information content (AvgIpc) is 2.55. The van der Waals surface area contributed by atoms with Crippen molar-refractivity contribution in [3.63, 3.8) is 0 Å². The maximum absolute atomic E-state index is 11.2. The van der Waals surface area contributed by atoms with E-state index >= 15 is 0 Å². The fourth-order valence-corrected chi connectivity index (χ4v) is 3.23. The van der Waals surface area contributed by atoms with Crippen LogP contribution in [0.3, 0.4) is 0 Å². The molecule has 3 rings (SSSR count). The number of hydrogen-bond acceptors (Lipinski definition) is 2. The van der Waals surface area contributed by atoms with E-state index in [-0.39, 0.29) is 0 Å². The van der Waals surface area contributed by atoms with Gasteiger partial charge in [0.2, 0.25) is 0 Å². The van der Waals surface area contributed by atoms with Crippen molar-refractivity contribution in [2.24, 2.45) is 0 Å². The molecule has 0 aliphatic heterocycles. The third-order valence-electron chi connectivity index (χ3n) is 4.39. The molecule has 0 bridgehead atoms. The van der Waals surface area contributed by atoms with Crippen molar-refractivity contribution >= 4 is 5.97 Å². The topological polar surface area (TPSA) is 49.3 Å². The first-order chi connectivity index (χ1) is 10.7. The van der Waals surface area contributed by atoms with E-state index in [4.69, 9.17) is 0 Å². The molecule has 2 aromatic rings. The van der Waals surface area contributed by atoms with E-state index in [1.165, 1.54) is 23.1 Å². The number of carbonyl (C=O) groups is 1. The number of benzene rings is 2. The second-order valence-corrected chi connectivity index (χ2v) is 5.92. The fraction of sp³-hybridized carbons (Fsp3) is 0.316. The molecule has 0 heterocycles. The van der Waals surface area contributed by atoms with E-state index in [0.29, 0.717) is 11.5 Å². The summed E-state index contributed by atoms with van der Waals surface area (Å²) in [6, 6.07) is 15.9. The molecule has 0 radical (unpaired) electrons. The lowest BCUT2D eigenvalue weighted by molar-refractivity contribution is 0.0696. The molecule has 1 atom stereocenters. The van der Waals surface area contributed by atoms with Crippen molar-refractivity contribution < 1.29 is 9.90 Å². The van der Waals surface area contributed by atoms with Gasteiger partial charge < -0.3 is 10.4 Å². The highest BCUT2D eigenvalue weighted by atomic mass is 16.4. The Bertz CT molecular complexity index is 652. The predicted octanol–water partition coefficient (Wildman–Crippen LogP) is 3.59. The van der Waals surface area contributed by atoms with Gasteiger partial charge in [0.15, 0.2) is 0 Å². The molecule has 22 heavy (non-hydrogen) atoms. The highest BCUT2D eigenvalue weighted by Gasteiger charge is 2.21. The van der Waals surface area contributed by atoms with Gasteiger partial charge in [-0.3, -0.25) is 0 Å². The number of carboxylic acids is 1. The van der Waals surface area contributed by atoms with E-state index in [9.17, 15) is 9.90 Å². The van der Waals surface area contributed by atoms with Crippen LogP contribution in [0.5, 0.6) is 0 Å². The fourth-order valence-electron chi connectivity index (χ4n) is 3.23. The molecule has 3 nitrogen and oxygen atoms in total. The van der Waals surface area contributed by atoms with E-state index in [1.54, 1.807) is 6.07 Å². The molecule has 114 valence electrons. The standard InChI is InChI=1S/C19H21NO2/c21-19(22)16-10-9-15-7-4-8-17(18(15)11-16)13-20-12-14-5-2-1-3-6-14/h1-3,5-6,9-11,17,20H,4,7-8,12-13H2,(H,21,22). The van der Waals surface area contributed by atoms with Gasteiger partial charge in [-0.2, -0.15) is 0 Å². The van der Waals surface area contributed by atoms with Crippen LogP contribution in [0.2, 0.25) is 0 Å². The Morgan fingerprint density at radius 1 is 1.18 bits per heavy atom. The summed E-state index contributed by atoms with van der Waals surface area (Å²) in [4.78, 5) is 11.2. The lowest BCUT2D eigenvalue weighted by Crippen LogP contribution is -2.24. The Morgan fingerprint density at radius 3 is 2.77 bits per heavy atom. The highest BCUT2D eigenvalue weighted by Crippen LogP contribution is 2.32. The van der Waals surface area contributed by atoms with Gasteiger partial charge in [-0.15, -0.1) is 0 Å². The van der Waals surface area contributed by atoms with Gasteiger partial charge in [0.25, 0.3) is 0 Å². The van der Waals surface area contributed by atoms with Crippen LogP contribution in [-0.4, -0.2) is 17.6 Å². The molecule has 0 spiro atoms. The monoisotopic (exact) mass is 295 g/mol. The molecule has 0 saturated carbocycles. The number of carboxylic acid groups (broad SMARTS) is 1.